The van der Waals surface area contributed by atoms with Gasteiger partial charge in [-0.2, -0.15) is 0 Å². The minimum Gasteiger partial charge on any atom is -0.481 e. The Morgan fingerprint density at radius 3 is 2.73 bits per heavy atom. The van der Waals surface area contributed by atoms with Crippen LogP contribution < -0.4 is 5.73 Å². The van der Waals surface area contributed by atoms with E-state index in [0.29, 0.717) is 0 Å². The fraction of sp³-hybridized carbons (Fsp3) is 0.250. The standard InChI is InChI=1S/C8H7ClF2N2O2/c9-4-1-3(2-5(14)15)6(7(10)11)8(12)13-4/h1,7H,2H2,(H2,12,13)(H,14,15). The second-order valence-corrected chi connectivity index (χ2v) is 3.16. The van der Waals surface area contributed by atoms with Crippen LogP contribution >= 0.6 is 11.6 Å². The van der Waals surface area contributed by atoms with Crippen molar-refractivity contribution in [2.45, 2.75) is 12.8 Å². The van der Waals surface area contributed by atoms with Gasteiger partial charge in [0.05, 0.1) is 12.0 Å². The summed E-state index contributed by atoms with van der Waals surface area (Å²) >= 11 is 5.48. The molecule has 0 aliphatic rings. The Hall–Kier alpha value is -1.43. The molecule has 1 heterocycles. The van der Waals surface area contributed by atoms with Crippen LogP contribution in [0.1, 0.15) is 17.6 Å². The second-order valence-electron chi connectivity index (χ2n) is 2.77. The van der Waals surface area contributed by atoms with Crippen molar-refractivity contribution >= 4 is 23.4 Å². The maximum absolute atomic E-state index is 12.5. The monoisotopic (exact) mass is 236 g/mol. The van der Waals surface area contributed by atoms with Gasteiger partial charge >= 0.3 is 5.97 Å². The van der Waals surface area contributed by atoms with Crippen LogP contribution in [0.25, 0.3) is 0 Å². The summed E-state index contributed by atoms with van der Waals surface area (Å²) in [6.07, 6.45) is -3.43. The average molecular weight is 237 g/mol. The third-order valence-electron chi connectivity index (χ3n) is 1.70. The van der Waals surface area contributed by atoms with Crippen LogP contribution in [0.2, 0.25) is 5.15 Å². The Bertz CT molecular complexity index is 398. The van der Waals surface area contributed by atoms with E-state index in [4.69, 9.17) is 22.4 Å². The molecule has 0 saturated heterocycles. The fourth-order valence-corrected chi connectivity index (χ4v) is 1.38. The molecule has 0 bridgehead atoms. The third kappa shape index (κ3) is 2.76. The number of carbonyl (C=O) groups is 1. The van der Waals surface area contributed by atoms with Crippen LogP contribution in [0, 0.1) is 0 Å². The summed E-state index contributed by atoms with van der Waals surface area (Å²) in [5, 5.41) is 8.40. The highest BCUT2D eigenvalue weighted by molar-refractivity contribution is 6.29. The molecular formula is C8H7ClF2N2O2. The Morgan fingerprint density at radius 2 is 2.27 bits per heavy atom. The van der Waals surface area contributed by atoms with E-state index in [1.165, 1.54) is 0 Å². The molecule has 3 N–H and O–H groups in total. The molecule has 0 radical (unpaired) electrons. The van der Waals surface area contributed by atoms with Crippen LogP contribution in [-0.2, 0) is 11.2 Å². The molecule has 1 rings (SSSR count). The molecule has 4 nitrogen and oxygen atoms in total. The van der Waals surface area contributed by atoms with E-state index in [-0.39, 0.29) is 10.7 Å². The molecule has 1 aromatic heterocycles. The zero-order valence-electron chi connectivity index (χ0n) is 7.38. The van der Waals surface area contributed by atoms with E-state index in [9.17, 15) is 13.6 Å². The van der Waals surface area contributed by atoms with Crippen molar-refractivity contribution in [3.05, 3.63) is 22.3 Å². The molecule has 0 aromatic carbocycles. The van der Waals surface area contributed by atoms with E-state index in [0.717, 1.165) is 6.07 Å². The van der Waals surface area contributed by atoms with E-state index in [2.05, 4.69) is 4.98 Å². The summed E-state index contributed by atoms with van der Waals surface area (Å²) in [5.74, 6) is -1.67. The maximum Gasteiger partial charge on any atom is 0.307 e. The number of alkyl halides is 2. The predicted molar refractivity (Wildman–Crippen MR) is 50.0 cm³/mol. The highest BCUT2D eigenvalue weighted by atomic mass is 35.5. The van der Waals surface area contributed by atoms with Gasteiger partial charge in [0.2, 0.25) is 0 Å². The van der Waals surface area contributed by atoms with Gasteiger partial charge in [-0.15, -0.1) is 0 Å². The first-order valence-electron chi connectivity index (χ1n) is 3.86. The molecule has 0 fully saturated rings. The topological polar surface area (TPSA) is 76.2 Å². The Kier molecular flexibility index (Phi) is 3.41. The number of halogens is 3. The molecule has 0 atom stereocenters. The molecule has 0 spiro atoms. The van der Waals surface area contributed by atoms with Crippen LogP contribution in [0.15, 0.2) is 6.07 Å². The van der Waals surface area contributed by atoms with Crippen molar-refractivity contribution in [2.75, 3.05) is 5.73 Å². The largest absolute Gasteiger partial charge is 0.481 e. The zero-order valence-corrected chi connectivity index (χ0v) is 8.13. The number of hydrogen-bond donors (Lipinski definition) is 2. The second kappa shape index (κ2) is 4.39. The van der Waals surface area contributed by atoms with Gasteiger partial charge in [0.1, 0.15) is 11.0 Å². The van der Waals surface area contributed by atoms with Gasteiger partial charge in [0.25, 0.3) is 6.43 Å². The quantitative estimate of drug-likeness (QED) is 0.786. The number of nitrogen functional groups attached to an aromatic ring is 1. The number of aromatic nitrogens is 1. The predicted octanol–water partition coefficient (Wildman–Crippen LogP) is 1.88. The number of pyridine rings is 1. The molecular weight excluding hydrogens is 230 g/mol. The van der Waals surface area contributed by atoms with Gasteiger partial charge in [0.15, 0.2) is 0 Å². The fourth-order valence-electron chi connectivity index (χ4n) is 1.15. The van der Waals surface area contributed by atoms with Crippen LogP contribution in [-0.4, -0.2) is 16.1 Å². The van der Waals surface area contributed by atoms with E-state index in [1.54, 1.807) is 0 Å². The molecule has 0 saturated carbocycles. The minimum atomic E-state index is -2.87. The van der Waals surface area contributed by atoms with Gasteiger partial charge in [-0.1, -0.05) is 11.6 Å². The van der Waals surface area contributed by atoms with E-state index < -0.39 is 30.2 Å². The normalized spacial score (nSPS) is 10.7. The lowest BCUT2D eigenvalue weighted by Crippen LogP contribution is -2.08. The molecule has 0 unspecified atom stereocenters. The summed E-state index contributed by atoms with van der Waals surface area (Å²) in [6.45, 7) is 0. The molecule has 0 amide bonds. The number of carboxylic acid groups (broad SMARTS) is 1. The number of anilines is 1. The van der Waals surface area contributed by atoms with Crippen molar-refractivity contribution in [1.82, 2.24) is 4.98 Å². The SMILES string of the molecule is Nc1nc(Cl)cc(CC(=O)O)c1C(F)F. The first-order valence-corrected chi connectivity index (χ1v) is 4.24. The Morgan fingerprint density at radius 1 is 1.67 bits per heavy atom. The number of aliphatic carboxylic acids is 1. The highest BCUT2D eigenvalue weighted by Gasteiger charge is 2.20. The number of nitrogens with two attached hydrogens (primary N) is 1. The molecule has 15 heavy (non-hydrogen) atoms. The Balaban J connectivity index is 3.26. The van der Waals surface area contributed by atoms with Crippen LogP contribution in [0.3, 0.4) is 0 Å². The summed E-state index contributed by atoms with van der Waals surface area (Å²) in [7, 11) is 0. The number of rotatable bonds is 3. The first-order chi connectivity index (χ1) is 6.91. The Labute approximate surface area is 88.7 Å². The summed E-state index contributed by atoms with van der Waals surface area (Å²) in [4.78, 5) is 13.8. The van der Waals surface area contributed by atoms with E-state index in [1.807, 2.05) is 0 Å². The van der Waals surface area contributed by atoms with Crippen molar-refractivity contribution in [1.29, 1.82) is 0 Å². The molecule has 0 aliphatic carbocycles. The van der Waals surface area contributed by atoms with Gasteiger partial charge in [-0.3, -0.25) is 4.79 Å². The highest BCUT2D eigenvalue weighted by Crippen LogP contribution is 2.29. The van der Waals surface area contributed by atoms with Gasteiger partial charge in [0, 0.05) is 0 Å². The van der Waals surface area contributed by atoms with E-state index >= 15 is 0 Å². The number of carboxylic acids is 1. The van der Waals surface area contributed by atoms with Gasteiger partial charge < -0.3 is 10.8 Å². The van der Waals surface area contributed by atoms with Crippen molar-refractivity contribution in [2.24, 2.45) is 0 Å². The van der Waals surface area contributed by atoms with Crippen molar-refractivity contribution in [3.63, 3.8) is 0 Å². The number of nitrogens with zero attached hydrogens (tertiary/aromatic N) is 1. The lowest BCUT2D eigenvalue weighted by atomic mass is 10.1. The summed E-state index contributed by atoms with van der Waals surface area (Å²) < 4.78 is 25.0. The summed E-state index contributed by atoms with van der Waals surface area (Å²) in [6, 6.07) is 1.08. The van der Waals surface area contributed by atoms with Crippen molar-refractivity contribution in [3.8, 4) is 0 Å². The summed E-state index contributed by atoms with van der Waals surface area (Å²) in [5.41, 5.74) is 4.55. The zero-order chi connectivity index (χ0) is 11.6. The average Bonchev–Trinajstić information content (AvgIpc) is 1.99. The first kappa shape index (κ1) is 11.6. The van der Waals surface area contributed by atoms with Crippen LogP contribution in [0.5, 0.6) is 0 Å². The molecule has 7 heteroatoms. The molecule has 82 valence electrons. The smallest absolute Gasteiger partial charge is 0.307 e. The van der Waals surface area contributed by atoms with Gasteiger partial charge in [-0.25, -0.2) is 13.8 Å². The van der Waals surface area contributed by atoms with Crippen LogP contribution in [0.4, 0.5) is 14.6 Å². The number of hydrogen-bond acceptors (Lipinski definition) is 3. The lowest BCUT2D eigenvalue weighted by Gasteiger charge is -2.09. The maximum atomic E-state index is 12.5. The molecule has 1 aromatic rings. The van der Waals surface area contributed by atoms with Crippen molar-refractivity contribution < 1.29 is 18.7 Å². The minimum absolute atomic E-state index is 0.104. The lowest BCUT2D eigenvalue weighted by molar-refractivity contribution is -0.136. The molecule has 0 aliphatic heterocycles. The third-order valence-corrected chi connectivity index (χ3v) is 1.90. The van der Waals surface area contributed by atoms with Gasteiger partial charge in [-0.05, 0) is 11.6 Å².